The molecule has 3 heterocycles. The van der Waals surface area contributed by atoms with Crippen LogP contribution < -0.4 is 0 Å². The third kappa shape index (κ3) is 1.76. The van der Waals surface area contributed by atoms with E-state index in [4.69, 9.17) is 4.74 Å². The fraction of sp³-hybridized carbons (Fsp3) is 0.417. The van der Waals surface area contributed by atoms with Crippen molar-refractivity contribution < 1.29 is 4.74 Å². The third-order valence-corrected chi connectivity index (χ3v) is 3.08. The van der Waals surface area contributed by atoms with E-state index >= 15 is 0 Å². The van der Waals surface area contributed by atoms with E-state index in [1.807, 2.05) is 18.5 Å². The smallest absolute Gasteiger partial charge is 0.0583 e. The Kier molecular flexibility index (Phi) is 2.50. The van der Waals surface area contributed by atoms with E-state index in [-0.39, 0.29) is 0 Å². The molecule has 1 aliphatic rings. The molecule has 4 nitrogen and oxygen atoms in total. The van der Waals surface area contributed by atoms with Gasteiger partial charge in [0, 0.05) is 36.9 Å². The molecule has 3 rings (SSSR count). The van der Waals surface area contributed by atoms with Gasteiger partial charge in [-0.05, 0) is 25.0 Å². The van der Waals surface area contributed by atoms with E-state index in [0.29, 0.717) is 6.04 Å². The van der Waals surface area contributed by atoms with Gasteiger partial charge in [0.1, 0.15) is 0 Å². The predicted molar refractivity (Wildman–Crippen MR) is 61.1 cm³/mol. The van der Waals surface area contributed by atoms with Gasteiger partial charge in [-0.15, -0.1) is 0 Å². The second-order valence-electron chi connectivity index (χ2n) is 4.14. The molecule has 2 aromatic rings. The molecule has 0 aromatic carbocycles. The fourth-order valence-corrected chi connectivity index (χ4v) is 2.14. The maximum absolute atomic E-state index is 5.35. The Labute approximate surface area is 94.2 Å². The van der Waals surface area contributed by atoms with Gasteiger partial charge in [0.15, 0.2) is 0 Å². The summed E-state index contributed by atoms with van der Waals surface area (Å²) in [6, 6.07) is 4.56. The van der Waals surface area contributed by atoms with Crippen LogP contribution in [0.1, 0.15) is 18.9 Å². The summed E-state index contributed by atoms with van der Waals surface area (Å²) in [5, 5.41) is 4.44. The number of hydrogen-bond acceptors (Lipinski definition) is 2. The second kappa shape index (κ2) is 4.14. The van der Waals surface area contributed by atoms with Gasteiger partial charge in [-0.1, -0.05) is 0 Å². The van der Waals surface area contributed by atoms with Crippen LogP contribution in [0.3, 0.4) is 0 Å². The maximum atomic E-state index is 5.35. The van der Waals surface area contributed by atoms with Gasteiger partial charge in [0.2, 0.25) is 0 Å². The van der Waals surface area contributed by atoms with Gasteiger partial charge in [-0.2, -0.15) is 5.10 Å². The number of H-pyrrole nitrogens is 1. The topological polar surface area (TPSA) is 42.8 Å². The van der Waals surface area contributed by atoms with Crippen LogP contribution in [0.2, 0.25) is 0 Å². The van der Waals surface area contributed by atoms with Gasteiger partial charge in [0.05, 0.1) is 12.2 Å². The number of ether oxygens (including phenoxy) is 1. The summed E-state index contributed by atoms with van der Waals surface area (Å²) in [4.78, 5) is 3.19. The Morgan fingerprint density at radius 2 is 2.25 bits per heavy atom. The van der Waals surface area contributed by atoms with Gasteiger partial charge < -0.3 is 9.72 Å². The summed E-state index contributed by atoms with van der Waals surface area (Å²) in [5.74, 6) is 0. The summed E-state index contributed by atoms with van der Waals surface area (Å²) in [6.45, 7) is 1.70. The predicted octanol–water partition coefficient (Wildman–Crippen LogP) is 2.23. The molecular weight excluding hydrogens is 202 g/mol. The summed E-state index contributed by atoms with van der Waals surface area (Å²) >= 11 is 0. The molecule has 0 saturated carbocycles. The standard InChI is InChI=1S/C12H15N3O/c1-2-12(13-5-1)10-8-14-15(9-10)11-3-6-16-7-4-11/h1-2,5,8-9,11,13H,3-4,6-7H2. The highest BCUT2D eigenvalue weighted by Gasteiger charge is 2.16. The van der Waals surface area contributed by atoms with Crippen LogP contribution in [0.4, 0.5) is 0 Å². The van der Waals surface area contributed by atoms with Crippen molar-refractivity contribution in [1.82, 2.24) is 14.8 Å². The molecule has 1 fully saturated rings. The zero-order chi connectivity index (χ0) is 10.8. The number of hydrogen-bond donors (Lipinski definition) is 1. The lowest BCUT2D eigenvalue weighted by Gasteiger charge is -2.22. The van der Waals surface area contributed by atoms with Crippen molar-refractivity contribution in [3.63, 3.8) is 0 Å². The molecule has 4 heteroatoms. The lowest BCUT2D eigenvalue weighted by molar-refractivity contribution is 0.0662. The van der Waals surface area contributed by atoms with Crippen molar-refractivity contribution in [2.24, 2.45) is 0 Å². The molecule has 0 unspecified atom stereocenters. The van der Waals surface area contributed by atoms with E-state index in [2.05, 4.69) is 27.0 Å². The number of nitrogens with one attached hydrogen (secondary N) is 1. The van der Waals surface area contributed by atoms with Gasteiger partial charge in [-0.25, -0.2) is 0 Å². The molecule has 1 aliphatic heterocycles. The Hall–Kier alpha value is -1.55. The molecule has 84 valence electrons. The molecule has 0 aliphatic carbocycles. The zero-order valence-corrected chi connectivity index (χ0v) is 9.10. The van der Waals surface area contributed by atoms with Crippen molar-refractivity contribution in [1.29, 1.82) is 0 Å². The van der Waals surface area contributed by atoms with Crippen molar-refractivity contribution in [3.8, 4) is 11.3 Å². The highest BCUT2D eigenvalue weighted by atomic mass is 16.5. The summed E-state index contributed by atoms with van der Waals surface area (Å²) in [6.07, 6.45) is 8.09. The highest BCUT2D eigenvalue weighted by Crippen LogP contribution is 2.23. The van der Waals surface area contributed by atoms with Gasteiger partial charge >= 0.3 is 0 Å². The molecular formula is C12H15N3O. The van der Waals surface area contributed by atoms with Crippen LogP contribution in [0, 0.1) is 0 Å². The second-order valence-corrected chi connectivity index (χ2v) is 4.14. The molecule has 2 aromatic heterocycles. The number of rotatable bonds is 2. The Morgan fingerprint density at radius 3 is 3.00 bits per heavy atom. The van der Waals surface area contributed by atoms with E-state index in [1.165, 1.54) is 0 Å². The van der Waals surface area contributed by atoms with E-state index in [9.17, 15) is 0 Å². The van der Waals surface area contributed by atoms with Crippen LogP contribution in [-0.2, 0) is 4.74 Å². The first-order chi connectivity index (χ1) is 7.93. The first-order valence-corrected chi connectivity index (χ1v) is 5.69. The van der Waals surface area contributed by atoms with Crippen molar-refractivity contribution in [2.45, 2.75) is 18.9 Å². The Morgan fingerprint density at radius 1 is 1.38 bits per heavy atom. The largest absolute Gasteiger partial charge is 0.381 e. The lowest BCUT2D eigenvalue weighted by Crippen LogP contribution is -2.19. The average Bonchev–Trinajstić information content (AvgIpc) is 3.01. The molecule has 1 N–H and O–H groups in total. The van der Waals surface area contributed by atoms with Crippen LogP contribution in [0.25, 0.3) is 11.3 Å². The van der Waals surface area contributed by atoms with Crippen LogP contribution >= 0.6 is 0 Å². The Bertz CT molecular complexity index is 441. The van der Waals surface area contributed by atoms with E-state index in [1.54, 1.807) is 0 Å². The van der Waals surface area contributed by atoms with Crippen LogP contribution in [0.15, 0.2) is 30.7 Å². The first-order valence-electron chi connectivity index (χ1n) is 5.69. The first kappa shape index (κ1) is 9.66. The Balaban J connectivity index is 1.82. The van der Waals surface area contributed by atoms with Crippen molar-refractivity contribution in [3.05, 3.63) is 30.7 Å². The molecule has 0 radical (unpaired) electrons. The summed E-state index contributed by atoms with van der Waals surface area (Å²) < 4.78 is 7.42. The third-order valence-electron chi connectivity index (χ3n) is 3.08. The molecule has 16 heavy (non-hydrogen) atoms. The zero-order valence-electron chi connectivity index (χ0n) is 9.10. The number of nitrogens with zero attached hydrogens (tertiary/aromatic N) is 2. The minimum Gasteiger partial charge on any atom is -0.381 e. The van der Waals surface area contributed by atoms with E-state index in [0.717, 1.165) is 37.3 Å². The minimum atomic E-state index is 0.498. The van der Waals surface area contributed by atoms with Gasteiger partial charge in [0.25, 0.3) is 0 Å². The average molecular weight is 217 g/mol. The van der Waals surface area contributed by atoms with Crippen molar-refractivity contribution in [2.75, 3.05) is 13.2 Å². The normalized spacial score (nSPS) is 17.8. The van der Waals surface area contributed by atoms with E-state index < -0.39 is 0 Å². The molecule has 0 atom stereocenters. The lowest BCUT2D eigenvalue weighted by atomic mass is 10.1. The number of aromatic nitrogens is 3. The van der Waals surface area contributed by atoms with Gasteiger partial charge in [-0.3, -0.25) is 4.68 Å². The quantitative estimate of drug-likeness (QED) is 0.838. The monoisotopic (exact) mass is 217 g/mol. The minimum absolute atomic E-state index is 0.498. The molecule has 0 amide bonds. The maximum Gasteiger partial charge on any atom is 0.0583 e. The van der Waals surface area contributed by atoms with Crippen molar-refractivity contribution >= 4 is 0 Å². The molecule has 1 saturated heterocycles. The fourth-order valence-electron chi connectivity index (χ4n) is 2.14. The SMILES string of the molecule is c1c[nH]c(-c2cnn(C3CCOCC3)c2)c1. The van der Waals surface area contributed by atoms with Crippen LogP contribution in [-0.4, -0.2) is 28.0 Å². The van der Waals surface area contributed by atoms with Crippen LogP contribution in [0.5, 0.6) is 0 Å². The number of aromatic amines is 1. The molecule has 0 spiro atoms. The summed E-state index contributed by atoms with van der Waals surface area (Å²) in [5.41, 5.74) is 2.27. The highest BCUT2D eigenvalue weighted by molar-refractivity contribution is 5.56. The summed E-state index contributed by atoms with van der Waals surface area (Å²) in [7, 11) is 0. The molecule has 0 bridgehead atoms.